The van der Waals surface area contributed by atoms with Crippen LogP contribution in [0, 0.1) is 6.92 Å². The van der Waals surface area contributed by atoms with E-state index in [0.717, 1.165) is 21.4 Å². The quantitative estimate of drug-likeness (QED) is 0.801. The highest BCUT2D eigenvalue weighted by molar-refractivity contribution is 9.10. The van der Waals surface area contributed by atoms with Crippen molar-refractivity contribution in [3.05, 3.63) is 40.1 Å². The van der Waals surface area contributed by atoms with Crippen molar-refractivity contribution in [2.45, 2.75) is 31.8 Å². The maximum Gasteiger partial charge on any atom is 0.313 e. The van der Waals surface area contributed by atoms with Gasteiger partial charge in [0.15, 0.2) is 5.16 Å². The molecule has 4 nitrogen and oxygen atoms in total. The first kappa shape index (κ1) is 16.1. The molecule has 0 unspecified atom stereocenters. The zero-order valence-electron chi connectivity index (χ0n) is 12.1. The van der Waals surface area contributed by atoms with E-state index in [1.54, 1.807) is 0 Å². The number of aromatic nitrogens is 2. The third kappa shape index (κ3) is 3.68. The van der Waals surface area contributed by atoms with Crippen molar-refractivity contribution in [2.75, 3.05) is 5.75 Å². The van der Waals surface area contributed by atoms with Gasteiger partial charge in [0, 0.05) is 10.2 Å². The number of thioether (sulfide) groups is 1. The van der Waals surface area contributed by atoms with Crippen LogP contribution in [0.15, 0.2) is 34.0 Å². The zero-order valence-corrected chi connectivity index (χ0v) is 14.5. The summed E-state index contributed by atoms with van der Waals surface area (Å²) >= 11 is 4.82. The van der Waals surface area contributed by atoms with Gasteiger partial charge in [-0.05, 0) is 46.5 Å². The Balaban J connectivity index is 2.52. The Morgan fingerprint density at radius 3 is 2.76 bits per heavy atom. The van der Waals surface area contributed by atoms with Crippen LogP contribution in [0.25, 0.3) is 5.69 Å². The van der Waals surface area contributed by atoms with Crippen molar-refractivity contribution in [1.29, 1.82) is 0 Å². The van der Waals surface area contributed by atoms with E-state index in [1.807, 2.05) is 35.9 Å². The first-order valence-corrected chi connectivity index (χ1v) is 8.36. The summed E-state index contributed by atoms with van der Waals surface area (Å²) in [4.78, 5) is 15.2. The van der Waals surface area contributed by atoms with Gasteiger partial charge in [-0.2, -0.15) is 0 Å². The molecular weight excluding hydrogens is 352 g/mol. The number of halogens is 1. The number of benzene rings is 1. The molecule has 0 spiro atoms. The average molecular weight is 369 g/mol. The van der Waals surface area contributed by atoms with E-state index < -0.39 is 5.97 Å². The molecule has 6 heteroatoms. The number of carboxylic acid groups (broad SMARTS) is 1. The van der Waals surface area contributed by atoms with E-state index in [-0.39, 0.29) is 5.75 Å². The number of rotatable bonds is 5. The minimum Gasteiger partial charge on any atom is -0.481 e. The van der Waals surface area contributed by atoms with Crippen molar-refractivity contribution in [2.24, 2.45) is 0 Å². The van der Waals surface area contributed by atoms with E-state index in [9.17, 15) is 4.79 Å². The number of aliphatic carboxylic acids is 1. The molecule has 0 aliphatic carbocycles. The van der Waals surface area contributed by atoms with Gasteiger partial charge in [-0.3, -0.25) is 9.36 Å². The highest BCUT2D eigenvalue weighted by Gasteiger charge is 2.17. The first-order valence-electron chi connectivity index (χ1n) is 6.59. The lowest BCUT2D eigenvalue weighted by Crippen LogP contribution is -2.06. The molecule has 0 amide bonds. The summed E-state index contributed by atoms with van der Waals surface area (Å²) in [6.07, 6.45) is 1.82. The molecule has 0 saturated heterocycles. The van der Waals surface area contributed by atoms with Gasteiger partial charge in [-0.25, -0.2) is 4.98 Å². The first-order chi connectivity index (χ1) is 9.90. The third-order valence-electron chi connectivity index (χ3n) is 3.02. The Morgan fingerprint density at radius 2 is 2.19 bits per heavy atom. The molecule has 2 rings (SSSR count). The lowest BCUT2D eigenvalue weighted by molar-refractivity contribution is -0.133. The molecule has 0 bridgehead atoms. The Labute approximate surface area is 136 Å². The molecule has 21 heavy (non-hydrogen) atoms. The van der Waals surface area contributed by atoms with Gasteiger partial charge in [0.05, 0.1) is 17.6 Å². The van der Waals surface area contributed by atoms with Gasteiger partial charge < -0.3 is 5.11 Å². The fraction of sp³-hybridized carbons (Fsp3) is 0.333. The Kier molecular flexibility index (Phi) is 5.11. The summed E-state index contributed by atoms with van der Waals surface area (Å²) in [6.45, 7) is 6.23. The second-order valence-corrected chi connectivity index (χ2v) is 6.89. The van der Waals surface area contributed by atoms with Gasteiger partial charge in [-0.1, -0.05) is 31.7 Å². The number of carbonyl (C=O) groups is 1. The summed E-state index contributed by atoms with van der Waals surface area (Å²) in [6, 6.07) is 6.11. The lowest BCUT2D eigenvalue weighted by atomic mass is 10.1. The molecule has 1 N–H and O–H groups in total. The summed E-state index contributed by atoms with van der Waals surface area (Å²) < 4.78 is 3.00. The molecule has 0 saturated carbocycles. The van der Waals surface area contributed by atoms with Crippen LogP contribution in [0.5, 0.6) is 0 Å². The lowest BCUT2D eigenvalue weighted by Gasteiger charge is -2.15. The Bertz CT molecular complexity index is 668. The van der Waals surface area contributed by atoms with E-state index >= 15 is 0 Å². The minimum absolute atomic E-state index is 0.00196. The van der Waals surface area contributed by atoms with Crippen LogP contribution in [0.1, 0.15) is 31.0 Å². The van der Waals surface area contributed by atoms with Crippen LogP contribution in [-0.2, 0) is 4.79 Å². The topological polar surface area (TPSA) is 55.1 Å². The van der Waals surface area contributed by atoms with Crippen molar-refractivity contribution in [3.8, 4) is 5.69 Å². The monoisotopic (exact) mass is 368 g/mol. The van der Waals surface area contributed by atoms with Gasteiger partial charge in [-0.15, -0.1) is 0 Å². The van der Waals surface area contributed by atoms with Crippen LogP contribution < -0.4 is 0 Å². The minimum atomic E-state index is -0.844. The van der Waals surface area contributed by atoms with Crippen LogP contribution in [0.2, 0.25) is 0 Å². The SMILES string of the molecule is Cc1ccc(-n2c(C(C)C)cnc2SCC(=O)O)c(Br)c1. The van der Waals surface area contributed by atoms with Crippen LogP contribution in [0.4, 0.5) is 0 Å². The number of aryl methyl sites for hydroxylation is 1. The second-order valence-electron chi connectivity index (χ2n) is 5.09. The maximum atomic E-state index is 10.8. The van der Waals surface area contributed by atoms with Crippen LogP contribution >= 0.6 is 27.7 Å². The van der Waals surface area contributed by atoms with Crippen molar-refractivity contribution >= 4 is 33.7 Å². The molecule has 2 aromatic rings. The van der Waals surface area contributed by atoms with E-state index in [1.165, 1.54) is 11.8 Å². The average Bonchev–Trinajstić information content (AvgIpc) is 2.80. The van der Waals surface area contributed by atoms with Crippen LogP contribution in [-0.4, -0.2) is 26.4 Å². The predicted molar refractivity (Wildman–Crippen MR) is 88.4 cm³/mol. The third-order valence-corrected chi connectivity index (χ3v) is 4.59. The zero-order chi connectivity index (χ0) is 15.6. The molecule has 1 aromatic carbocycles. The highest BCUT2D eigenvalue weighted by Crippen LogP contribution is 2.31. The van der Waals surface area contributed by atoms with E-state index in [0.29, 0.717) is 11.1 Å². The van der Waals surface area contributed by atoms with Crippen molar-refractivity contribution < 1.29 is 9.90 Å². The van der Waals surface area contributed by atoms with E-state index in [4.69, 9.17) is 5.11 Å². The summed E-state index contributed by atoms with van der Waals surface area (Å²) in [5.41, 5.74) is 3.21. The summed E-state index contributed by atoms with van der Waals surface area (Å²) in [5, 5.41) is 9.58. The van der Waals surface area contributed by atoms with Gasteiger partial charge in [0.2, 0.25) is 0 Å². The summed E-state index contributed by atoms with van der Waals surface area (Å²) in [5.74, 6) is -0.550. The molecule has 112 valence electrons. The van der Waals surface area contributed by atoms with Crippen molar-refractivity contribution in [1.82, 2.24) is 9.55 Å². The summed E-state index contributed by atoms with van der Waals surface area (Å²) in [7, 11) is 0. The maximum absolute atomic E-state index is 10.8. The molecule has 0 aliphatic rings. The molecule has 0 atom stereocenters. The fourth-order valence-electron chi connectivity index (χ4n) is 2.02. The number of imidazole rings is 1. The molecule has 0 radical (unpaired) electrons. The number of carboxylic acids is 1. The smallest absolute Gasteiger partial charge is 0.313 e. The van der Waals surface area contributed by atoms with Crippen molar-refractivity contribution in [3.63, 3.8) is 0 Å². The fourth-order valence-corrected chi connectivity index (χ4v) is 3.40. The standard InChI is InChI=1S/C15H17BrN2O2S/c1-9(2)13-7-17-15(21-8-14(19)20)18(13)12-5-4-10(3)6-11(12)16/h4-7,9H,8H2,1-3H3,(H,19,20). The molecule has 1 aromatic heterocycles. The molecular formula is C15H17BrN2O2S. The van der Waals surface area contributed by atoms with Gasteiger partial charge in [0.1, 0.15) is 0 Å². The second kappa shape index (κ2) is 6.66. The molecule has 0 aliphatic heterocycles. The number of hydrogen-bond acceptors (Lipinski definition) is 3. The van der Waals surface area contributed by atoms with Gasteiger partial charge in [0.25, 0.3) is 0 Å². The molecule has 0 fully saturated rings. The Hall–Kier alpha value is -1.27. The number of hydrogen-bond donors (Lipinski definition) is 1. The Morgan fingerprint density at radius 1 is 1.48 bits per heavy atom. The van der Waals surface area contributed by atoms with Gasteiger partial charge >= 0.3 is 5.97 Å². The van der Waals surface area contributed by atoms with E-state index in [2.05, 4.69) is 34.8 Å². The predicted octanol–water partition coefficient (Wildman–Crippen LogP) is 4.24. The number of nitrogens with zero attached hydrogens (tertiary/aromatic N) is 2. The highest BCUT2D eigenvalue weighted by atomic mass is 79.9. The normalized spacial score (nSPS) is 11.1. The largest absolute Gasteiger partial charge is 0.481 e. The molecule has 1 heterocycles. The van der Waals surface area contributed by atoms with Crippen LogP contribution in [0.3, 0.4) is 0 Å².